The third kappa shape index (κ3) is 4.13. The van der Waals surface area contributed by atoms with Crippen molar-refractivity contribution in [3.05, 3.63) is 28.1 Å². The number of carbonyl (C=O) groups is 1. The molecule has 1 atom stereocenters. The highest BCUT2D eigenvalue weighted by molar-refractivity contribution is 5.72. The Bertz CT molecular complexity index is 737. The van der Waals surface area contributed by atoms with Crippen molar-refractivity contribution in [3.63, 3.8) is 0 Å². The lowest BCUT2D eigenvalue weighted by atomic mass is 10.0. The van der Waals surface area contributed by atoms with Gasteiger partial charge in [0.25, 0.3) is 5.69 Å². The van der Waals surface area contributed by atoms with E-state index in [0.717, 1.165) is 31.9 Å². The number of hydrogen-bond donors (Lipinski definition) is 0. The zero-order valence-electron chi connectivity index (χ0n) is 16.4. The normalized spacial score (nSPS) is 20.2. The zero-order chi connectivity index (χ0) is 20.3. The molecule has 154 valence electrons. The van der Waals surface area contributed by atoms with Gasteiger partial charge < -0.3 is 19.4 Å². The van der Waals surface area contributed by atoms with Gasteiger partial charge in [-0.2, -0.15) is 0 Å². The van der Waals surface area contributed by atoms with E-state index in [4.69, 9.17) is 4.74 Å². The van der Waals surface area contributed by atoms with Gasteiger partial charge in [-0.3, -0.25) is 10.1 Å². The minimum absolute atomic E-state index is 0.193. The molecule has 3 rings (SSSR count). The first-order chi connectivity index (χ1) is 13.4. The molecule has 2 fully saturated rings. The molecule has 1 aromatic carbocycles. The van der Waals surface area contributed by atoms with Crippen molar-refractivity contribution in [3.8, 4) is 0 Å². The molecule has 1 unspecified atom stereocenters. The van der Waals surface area contributed by atoms with E-state index >= 15 is 0 Å². The summed E-state index contributed by atoms with van der Waals surface area (Å²) in [6, 6.07) is 2.83. The second-order valence-corrected chi connectivity index (χ2v) is 7.26. The molecular weight excluding hydrogens is 367 g/mol. The van der Waals surface area contributed by atoms with Gasteiger partial charge in [0.1, 0.15) is 5.69 Å². The lowest BCUT2D eigenvalue weighted by molar-refractivity contribution is -0.384. The number of hydrogen-bond acceptors (Lipinski definition) is 6. The van der Waals surface area contributed by atoms with Gasteiger partial charge in [-0.05, 0) is 39.2 Å². The van der Waals surface area contributed by atoms with Crippen LogP contribution in [0.4, 0.5) is 26.2 Å². The van der Waals surface area contributed by atoms with Crippen LogP contribution in [0.3, 0.4) is 0 Å². The predicted octanol–water partition coefficient (Wildman–Crippen LogP) is 3.39. The second-order valence-electron chi connectivity index (χ2n) is 7.26. The first kappa shape index (κ1) is 20.2. The fraction of sp³-hybridized carbons (Fsp3) is 0.632. The van der Waals surface area contributed by atoms with Crippen molar-refractivity contribution in [2.45, 2.75) is 39.2 Å². The maximum absolute atomic E-state index is 14.7. The summed E-state index contributed by atoms with van der Waals surface area (Å²) in [6.45, 7) is 6.52. The summed E-state index contributed by atoms with van der Waals surface area (Å²) in [5, 5.41) is 11.5. The van der Waals surface area contributed by atoms with Gasteiger partial charge in [-0.15, -0.1) is 0 Å². The summed E-state index contributed by atoms with van der Waals surface area (Å²) in [6.07, 6.45) is 2.69. The molecule has 0 aliphatic carbocycles. The molecule has 2 aliphatic heterocycles. The molecule has 0 bridgehead atoms. The lowest BCUT2D eigenvalue weighted by Gasteiger charge is -2.38. The van der Waals surface area contributed by atoms with Crippen LogP contribution in [-0.4, -0.2) is 61.3 Å². The van der Waals surface area contributed by atoms with Crippen LogP contribution in [0.15, 0.2) is 12.1 Å². The summed E-state index contributed by atoms with van der Waals surface area (Å²) in [5.74, 6) is -0.561. The predicted molar refractivity (Wildman–Crippen MR) is 105 cm³/mol. The molecule has 2 heterocycles. The number of carbonyl (C=O) groups excluding carboxylic acids is 1. The van der Waals surface area contributed by atoms with E-state index in [0.29, 0.717) is 44.2 Å². The molecule has 1 aromatic rings. The lowest BCUT2D eigenvalue weighted by Crippen LogP contribution is -2.49. The van der Waals surface area contributed by atoms with Crippen LogP contribution in [-0.2, 0) is 4.74 Å². The van der Waals surface area contributed by atoms with Crippen LogP contribution in [0.5, 0.6) is 0 Å². The molecule has 0 spiro atoms. The van der Waals surface area contributed by atoms with Gasteiger partial charge in [0.05, 0.1) is 23.3 Å². The Labute approximate surface area is 164 Å². The van der Waals surface area contributed by atoms with Crippen LogP contribution in [0.1, 0.15) is 33.1 Å². The summed E-state index contributed by atoms with van der Waals surface area (Å²) in [4.78, 5) is 28.3. The number of nitro groups is 1. The van der Waals surface area contributed by atoms with Crippen LogP contribution in [0.25, 0.3) is 0 Å². The summed E-state index contributed by atoms with van der Waals surface area (Å²) in [7, 11) is 0. The zero-order valence-corrected chi connectivity index (χ0v) is 16.4. The second kappa shape index (κ2) is 8.62. The van der Waals surface area contributed by atoms with Crippen LogP contribution < -0.4 is 9.80 Å². The molecule has 8 nitrogen and oxygen atoms in total. The molecule has 0 radical (unpaired) electrons. The average Bonchev–Trinajstić information content (AvgIpc) is 2.69. The topological polar surface area (TPSA) is 79.2 Å². The molecule has 2 saturated heterocycles. The van der Waals surface area contributed by atoms with Crippen molar-refractivity contribution in [2.24, 2.45) is 0 Å². The molecular formula is C19H27FN4O4. The number of amides is 1. The van der Waals surface area contributed by atoms with Crippen molar-refractivity contribution in [2.75, 3.05) is 49.1 Å². The Hall–Kier alpha value is -2.58. The van der Waals surface area contributed by atoms with Crippen LogP contribution in [0.2, 0.25) is 0 Å². The van der Waals surface area contributed by atoms with Crippen molar-refractivity contribution in [1.82, 2.24) is 4.90 Å². The number of benzene rings is 1. The quantitative estimate of drug-likeness (QED) is 0.575. The molecule has 9 heteroatoms. The van der Waals surface area contributed by atoms with Gasteiger partial charge in [-0.1, -0.05) is 0 Å². The minimum Gasteiger partial charge on any atom is -0.450 e. The molecule has 2 aliphatic rings. The highest BCUT2D eigenvalue weighted by atomic mass is 19.1. The number of nitro benzene ring substituents is 1. The van der Waals surface area contributed by atoms with E-state index in [1.807, 2.05) is 9.80 Å². The number of rotatable bonds is 4. The maximum Gasteiger partial charge on any atom is 0.409 e. The number of piperidine rings is 1. The van der Waals surface area contributed by atoms with E-state index in [1.54, 1.807) is 17.9 Å². The van der Waals surface area contributed by atoms with Gasteiger partial charge in [0, 0.05) is 38.8 Å². The number of ether oxygens (including phenoxy) is 1. The minimum atomic E-state index is -0.561. The van der Waals surface area contributed by atoms with E-state index < -0.39 is 10.7 Å². The fourth-order valence-corrected chi connectivity index (χ4v) is 3.96. The third-order valence-corrected chi connectivity index (χ3v) is 5.50. The first-order valence-electron chi connectivity index (χ1n) is 9.83. The number of anilines is 2. The third-order valence-electron chi connectivity index (χ3n) is 5.50. The van der Waals surface area contributed by atoms with Crippen molar-refractivity contribution >= 4 is 23.2 Å². The largest absolute Gasteiger partial charge is 0.450 e. The van der Waals surface area contributed by atoms with Gasteiger partial charge >= 0.3 is 6.09 Å². The Balaban J connectivity index is 1.86. The maximum atomic E-state index is 14.7. The fourth-order valence-electron chi connectivity index (χ4n) is 3.96. The van der Waals surface area contributed by atoms with E-state index in [1.165, 1.54) is 0 Å². The Morgan fingerprint density at radius 3 is 2.54 bits per heavy atom. The average molecular weight is 394 g/mol. The van der Waals surface area contributed by atoms with Gasteiger partial charge in [-0.25, -0.2) is 9.18 Å². The highest BCUT2D eigenvalue weighted by Gasteiger charge is 2.30. The van der Waals surface area contributed by atoms with Crippen LogP contribution in [0, 0.1) is 15.9 Å². The summed E-state index contributed by atoms with van der Waals surface area (Å²) >= 11 is 0. The standard InChI is InChI=1S/C19H27FN4O4/c1-3-28-19(25)22-10-8-21(9-11-22)17-13-16(15(20)12-18(17)24(26)27)23-7-5-4-6-14(23)2/h12-14H,3-11H2,1-2H3. The van der Waals surface area contributed by atoms with E-state index in [2.05, 4.69) is 6.92 Å². The van der Waals surface area contributed by atoms with Crippen LogP contribution >= 0.6 is 0 Å². The molecule has 0 saturated carbocycles. The smallest absolute Gasteiger partial charge is 0.409 e. The SMILES string of the molecule is CCOC(=O)N1CCN(c2cc(N3CCCCC3C)c(F)cc2[N+](=O)[O-])CC1. The number of halogens is 1. The highest BCUT2D eigenvalue weighted by Crippen LogP contribution is 2.37. The molecule has 28 heavy (non-hydrogen) atoms. The summed E-state index contributed by atoms with van der Waals surface area (Å²) in [5.41, 5.74) is 0.582. The van der Waals surface area contributed by atoms with Gasteiger partial charge in [0.2, 0.25) is 0 Å². The Kier molecular flexibility index (Phi) is 6.21. The molecule has 0 N–H and O–H groups in total. The van der Waals surface area contributed by atoms with Crippen molar-refractivity contribution < 1.29 is 18.8 Å². The summed E-state index contributed by atoms with van der Waals surface area (Å²) < 4.78 is 19.7. The van der Waals surface area contributed by atoms with Crippen molar-refractivity contribution in [1.29, 1.82) is 0 Å². The first-order valence-corrected chi connectivity index (χ1v) is 9.83. The molecule has 0 aromatic heterocycles. The Morgan fingerprint density at radius 1 is 1.21 bits per heavy atom. The monoisotopic (exact) mass is 394 g/mol. The molecule has 1 amide bonds. The van der Waals surface area contributed by atoms with E-state index in [-0.39, 0.29) is 17.8 Å². The number of piperazine rings is 1. The van der Waals surface area contributed by atoms with Gasteiger partial charge in [0.15, 0.2) is 5.82 Å². The number of nitrogens with zero attached hydrogens (tertiary/aromatic N) is 4. The van der Waals surface area contributed by atoms with E-state index in [9.17, 15) is 19.3 Å². The Morgan fingerprint density at radius 2 is 1.93 bits per heavy atom.